The minimum Gasteiger partial charge on any atom is -0.468 e. The Morgan fingerprint density at radius 2 is 2.31 bits per heavy atom. The molecule has 0 radical (unpaired) electrons. The highest BCUT2D eigenvalue weighted by molar-refractivity contribution is 7.71. The van der Waals surface area contributed by atoms with Gasteiger partial charge in [-0.2, -0.15) is 0 Å². The zero-order valence-electron chi connectivity index (χ0n) is 9.11. The van der Waals surface area contributed by atoms with Gasteiger partial charge in [-0.05, 0) is 36.8 Å². The summed E-state index contributed by atoms with van der Waals surface area (Å²) in [6, 6.07) is 5.93. The Bertz CT molecular complexity index is 598. The van der Waals surface area contributed by atoms with Crippen molar-refractivity contribution in [2.45, 2.75) is 13.5 Å². The Balaban J connectivity index is 2.56. The number of H-pyrrole nitrogens is 1. The first-order chi connectivity index (χ1) is 7.61. The molecule has 0 amide bonds. The summed E-state index contributed by atoms with van der Waals surface area (Å²) in [7, 11) is 1.37. The van der Waals surface area contributed by atoms with Crippen molar-refractivity contribution in [3.05, 3.63) is 28.5 Å². The topological polar surface area (TPSA) is 47.0 Å². The molecule has 1 N–H and O–H groups in total. The molecule has 0 fully saturated rings. The summed E-state index contributed by atoms with van der Waals surface area (Å²) in [5.74, 6) is -0.308. The number of hydrogen-bond donors (Lipinski definition) is 1. The van der Waals surface area contributed by atoms with Gasteiger partial charge in [-0.25, -0.2) is 0 Å². The molecule has 0 aliphatic heterocycles. The molecule has 2 aromatic rings. The first-order valence-electron chi connectivity index (χ1n) is 4.88. The number of carbonyl (C=O) groups is 1. The first kappa shape index (κ1) is 10.9. The second-order valence-electron chi connectivity index (χ2n) is 3.61. The minimum absolute atomic E-state index is 0.137. The van der Waals surface area contributed by atoms with E-state index in [1.807, 2.05) is 25.1 Å². The monoisotopic (exact) mass is 236 g/mol. The van der Waals surface area contributed by atoms with Crippen LogP contribution in [-0.4, -0.2) is 22.6 Å². The number of carbonyl (C=O) groups excluding carboxylic acids is 1. The third-order valence-electron chi connectivity index (χ3n) is 2.44. The number of benzene rings is 1. The number of methoxy groups -OCH3 is 1. The second kappa shape index (κ2) is 4.09. The molecule has 4 nitrogen and oxygen atoms in total. The Labute approximate surface area is 97.8 Å². The lowest BCUT2D eigenvalue weighted by atomic mass is 10.2. The van der Waals surface area contributed by atoms with Gasteiger partial charge < -0.3 is 14.3 Å². The number of aryl methyl sites for hydroxylation is 1. The summed E-state index contributed by atoms with van der Waals surface area (Å²) in [4.78, 5) is 14.3. The molecule has 84 valence electrons. The lowest BCUT2D eigenvalue weighted by Crippen LogP contribution is -2.11. The van der Waals surface area contributed by atoms with Crippen LogP contribution >= 0.6 is 12.2 Å². The smallest absolute Gasteiger partial charge is 0.325 e. The van der Waals surface area contributed by atoms with E-state index in [0.717, 1.165) is 16.6 Å². The van der Waals surface area contributed by atoms with Gasteiger partial charge in [0.25, 0.3) is 0 Å². The average Bonchev–Trinajstić information content (AvgIpc) is 2.54. The lowest BCUT2D eigenvalue weighted by Gasteiger charge is -2.02. The Morgan fingerprint density at radius 3 is 3.00 bits per heavy atom. The van der Waals surface area contributed by atoms with Crippen molar-refractivity contribution in [2.75, 3.05) is 7.11 Å². The van der Waals surface area contributed by atoms with E-state index in [4.69, 9.17) is 12.2 Å². The fourth-order valence-corrected chi connectivity index (χ4v) is 1.90. The van der Waals surface area contributed by atoms with Crippen molar-refractivity contribution in [3.8, 4) is 0 Å². The average molecular weight is 236 g/mol. The van der Waals surface area contributed by atoms with Gasteiger partial charge in [0.15, 0.2) is 4.77 Å². The van der Waals surface area contributed by atoms with Gasteiger partial charge >= 0.3 is 5.97 Å². The zero-order valence-corrected chi connectivity index (χ0v) is 9.93. The molecule has 0 atom stereocenters. The van der Waals surface area contributed by atoms with Crippen LogP contribution < -0.4 is 0 Å². The predicted molar refractivity (Wildman–Crippen MR) is 63.9 cm³/mol. The van der Waals surface area contributed by atoms with Crippen molar-refractivity contribution in [1.82, 2.24) is 9.55 Å². The largest absolute Gasteiger partial charge is 0.468 e. The van der Waals surface area contributed by atoms with Crippen molar-refractivity contribution < 1.29 is 9.53 Å². The molecular formula is C11H12N2O2S. The number of esters is 1. The van der Waals surface area contributed by atoms with E-state index in [1.54, 1.807) is 4.57 Å². The molecule has 0 aliphatic carbocycles. The number of ether oxygens (including phenoxy) is 1. The van der Waals surface area contributed by atoms with Crippen LogP contribution in [0.1, 0.15) is 5.56 Å². The van der Waals surface area contributed by atoms with E-state index < -0.39 is 0 Å². The van der Waals surface area contributed by atoms with Gasteiger partial charge in [-0.3, -0.25) is 4.79 Å². The lowest BCUT2D eigenvalue weighted by molar-refractivity contribution is -0.141. The number of fused-ring (bicyclic) bond motifs is 1. The number of aromatic nitrogens is 2. The maximum absolute atomic E-state index is 11.2. The van der Waals surface area contributed by atoms with Crippen molar-refractivity contribution in [1.29, 1.82) is 0 Å². The van der Waals surface area contributed by atoms with Crippen LogP contribution in [-0.2, 0) is 16.1 Å². The standard InChI is InChI=1S/C11H12N2O2S/c1-7-3-4-9-8(5-7)12-11(16)13(9)6-10(14)15-2/h3-5H,6H2,1-2H3,(H,12,16). The Hall–Kier alpha value is -1.62. The van der Waals surface area contributed by atoms with Gasteiger partial charge in [0, 0.05) is 0 Å². The third kappa shape index (κ3) is 1.86. The number of imidazole rings is 1. The van der Waals surface area contributed by atoms with Gasteiger partial charge in [0.2, 0.25) is 0 Å². The Kier molecular flexibility index (Phi) is 2.78. The molecule has 16 heavy (non-hydrogen) atoms. The molecule has 0 saturated carbocycles. The van der Waals surface area contributed by atoms with Crippen LogP contribution in [0, 0.1) is 11.7 Å². The number of aromatic amines is 1. The van der Waals surface area contributed by atoms with Gasteiger partial charge in [-0.15, -0.1) is 0 Å². The van der Waals surface area contributed by atoms with E-state index in [1.165, 1.54) is 7.11 Å². The van der Waals surface area contributed by atoms with E-state index in [9.17, 15) is 4.79 Å². The van der Waals surface area contributed by atoms with Crippen LogP contribution in [0.15, 0.2) is 18.2 Å². The van der Waals surface area contributed by atoms with E-state index in [-0.39, 0.29) is 12.5 Å². The molecule has 0 saturated heterocycles. The Morgan fingerprint density at radius 1 is 1.56 bits per heavy atom. The molecule has 1 heterocycles. The van der Waals surface area contributed by atoms with Crippen molar-refractivity contribution >= 4 is 29.2 Å². The molecule has 0 aliphatic rings. The van der Waals surface area contributed by atoms with Crippen LogP contribution in [0.25, 0.3) is 11.0 Å². The number of hydrogen-bond acceptors (Lipinski definition) is 3. The fraction of sp³-hybridized carbons (Fsp3) is 0.273. The summed E-state index contributed by atoms with van der Waals surface area (Å²) in [5, 5.41) is 0. The highest BCUT2D eigenvalue weighted by Crippen LogP contribution is 2.15. The molecule has 5 heteroatoms. The van der Waals surface area contributed by atoms with Gasteiger partial charge in [-0.1, -0.05) is 6.07 Å². The van der Waals surface area contributed by atoms with Crippen LogP contribution in [0.3, 0.4) is 0 Å². The summed E-state index contributed by atoms with van der Waals surface area (Å²) in [6.07, 6.45) is 0. The van der Waals surface area contributed by atoms with Crippen molar-refractivity contribution in [2.24, 2.45) is 0 Å². The second-order valence-corrected chi connectivity index (χ2v) is 4.00. The fourth-order valence-electron chi connectivity index (χ4n) is 1.63. The highest BCUT2D eigenvalue weighted by Gasteiger charge is 2.08. The molecule has 0 spiro atoms. The maximum atomic E-state index is 11.2. The molecular weight excluding hydrogens is 224 g/mol. The van der Waals surface area contributed by atoms with Crippen LogP contribution in [0.4, 0.5) is 0 Å². The summed E-state index contributed by atoms with van der Waals surface area (Å²) < 4.78 is 6.90. The summed E-state index contributed by atoms with van der Waals surface area (Å²) in [5.41, 5.74) is 3.00. The van der Waals surface area contributed by atoms with E-state index in [2.05, 4.69) is 9.72 Å². The number of nitrogens with one attached hydrogen (secondary N) is 1. The highest BCUT2D eigenvalue weighted by atomic mass is 32.1. The zero-order chi connectivity index (χ0) is 11.7. The first-order valence-corrected chi connectivity index (χ1v) is 5.28. The SMILES string of the molecule is COC(=O)Cn1c(=S)[nH]c2cc(C)ccc21. The molecule has 2 rings (SSSR count). The molecule has 0 bridgehead atoms. The van der Waals surface area contributed by atoms with Gasteiger partial charge in [0.1, 0.15) is 6.54 Å². The molecule has 0 unspecified atom stereocenters. The quantitative estimate of drug-likeness (QED) is 0.642. The molecule has 1 aromatic heterocycles. The van der Waals surface area contributed by atoms with E-state index >= 15 is 0 Å². The van der Waals surface area contributed by atoms with E-state index in [0.29, 0.717) is 4.77 Å². The molecule has 1 aromatic carbocycles. The minimum atomic E-state index is -0.308. The number of nitrogens with zero attached hydrogens (tertiary/aromatic N) is 1. The number of rotatable bonds is 2. The van der Waals surface area contributed by atoms with Gasteiger partial charge in [0.05, 0.1) is 18.1 Å². The van der Waals surface area contributed by atoms with Crippen molar-refractivity contribution in [3.63, 3.8) is 0 Å². The summed E-state index contributed by atoms with van der Waals surface area (Å²) in [6.45, 7) is 2.15. The third-order valence-corrected chi connectivity index (χ3v) is 2.77. The van der Waals surface area contributed by atoms with Crippen LogP contribution in [0.5, 0.6) is 0 Å². The van der Waals surface area contributed by atoms with Crippen LogP contribution in [0.2, 0.25) is 0 Å². The maximum Gasteiger partial charge on any atom is 0.325 e. The summed E-state index contributed by atoms with van der Waals surface area (Å²) >= 11 is 5.16. The normalized spacial score (nSPS) is 10.6. The predicted octanol–water partition coefficient (Wildman–Crippen LogP) is 2.18.